The van der Waals surface area contributed by atoms with Gasteiger partial charge in [-0.15, -0.1) is 0 Å². The van der Waals surface area contributed by atoms with E-state index in [-0.39, 0.29) is 0 Å². The number of hydrogen-bond acceptors (Lipinski definition) is 2. The fraction of sp³-hybridized carbons (Fsp3) is 0.250. The van der Waals surface area contributed by atoms with E-state index in [1.165, 1.54) is 0 Å². The standard InChI is InChI=1S/C16H14BrIO2/c17-15-8-3-11(18)9-14(15)16(19)10-1-4-12(5-2-10)20-13-6-7-13/h1-5,8-9,13,16,19H,6-7H2. The molecule has 1 aliphatic rings. The van der Waals surface area contributed by atoms with Crippen molar-refractivity contribution in [3.8, 4) is 5.75 Å². The molecule has 0 saturated heterocycles. The lowest BCUT2D eigenvalue weighted by Crippen LogP contribution is -2.02. The Balaban J connectivity index is 1.81. The summed E-state index contributed by atoms with van der Waals surface area (Å²) in [7, 11) is 0. The minimum Gasteiger partial charge on any atom is -0.490 e. The third-order valence-corrected chi connectivity index (χ3v) is 4.67. The van der Waals surface area contributed by atoms with Crippen LogP contribution in [0.5, 0.6) is 5.75 Å². The van der Waals surface area contributed by atoms with Gasteiger partial charge >= 0.3 is 0 Å². The van der Waals surface area contributed by atoms with Gasteiger partial charge in [0.2, 0.25) is 0 Å². The van der Waals surface area contributed by atoms with Gasteiger partial charge in [0.05, 0.1) is 6.10 Å². The number of rotatable bonds is 4. The summed E-state index contributed by atoms with van der Waals surface area (Å²) in [5, 5.41) is 10.5. The molecule has 1 unspecified atom stereocenters. The maximum absolute atomic E-state index is 10.5. The molecule has 4 heteroatoms. The van der Waals surface area contributed by atoms with Crippen molar-refractivity contribution >= 4 is 38.5 Å². The van der Waals surface area contributed by atoms with Crippen molar-refractivity contribution in [2.75, 3.05) is 0 Å². The summed E-state index contributed by atoms with van der Waals surface area (Å²) in [6.45, 7) is 0. The van der Waals surface area contributed by atoms with Crippen molar-refractivity contribution in [3.05, 3.63) is 61.6 Å². The van der Waals surface area contributed by atoms with Gasteiger partial charge in [-0.05, 0) is 71.3 Å². The minimum atomic E-state index is -0.630. The highest BCUT2D eigenvalue weighted by atomic mass is 127. The molecule has 3 rings (SSSR count). The first-order valence-electron chi connectivity index (χ1n) is 6.53. The van der Waals surface area contributed by atoms with E-state index in [0.29, 0.717) is 6.10 Å². The average Bonchev–Trinajstić information content (AvgIpc) is 3.26. The number of halogens is 2. The molecule has 2 nitrogen and oxygen atoms in total. The molecular formula is C16H14BrIO2. The summed E-state index contributed by atoms with van der Waals surface area (Å²) in [6, 6.07) is 13.7. The Kier molecular flexibility index (Phi) is 4.33. The van der Waals surface area contributed by atoms with Gasteiger partial charge in [0.1, 0.15) is 11.9 Å². The first kappa shape index (κ1) is 14.4. The molecule has 0 radical (unpaired) electrons. The third-order valence-electron chi connectivity index (χ3n) is 3.28. The molecule has 0 amide bonds. The largest absolute Gasteiger partial charge is 0.490 e. The smallest absolute Gasteiger partial charge is 0.119 e. The monoisotopic (exact) mass is 444 g/mol. The quantitative estimate of drug-likeness (QED) is 0.694. The Hall–Kier alpha value is -0.590. The molecule has 2 aromatic carbocycles. The molecule has 1 saturated carbocycles. The Morgan fingerprint density at radius 3 is 2.50 bits per heavy atom. The van der Waals surface area contributed by atoms with Crippen molar-refractivity contribution in [1.82, 2.24) is 0 Å². The second-order valence-corrected chi connectivity index (χ2v) is 7.05. The van der Waals surface area contributed by atoms with Crippen molar-refractivity contribution in [3.63, 3.8) is 0 Å². The maximum Gasteiger partial charge on any atom is 0.119 e. The van der Waals surface area contributed by atoms with Crippen LogP contribution in [0.15, 0.2) is 46.9 Å². The van der Waals surface area contributed by atoms with Crippen LogP contribution in [0.4, 0.5) is 0 Å². The molecule has 1 fully saturated rings. The second kappa shape index (κ2) is 6.03. The Labute approximate surface area is 140 Å². The van der Waals surface area contributed by atoms with E-state index in [4.69, 9.17) is 4.74 Å². The summed E-state index contributed by atoms with van der Waals surface area (Å²) in [5.41, 5.74) is 1.75. The fourth-order valence-corrected chi connectivity index (χ4v) is 2.99. The van der Waals surface area contributed by atoms with Crippen LogP contribution in [0.2, 0.25) is 0 Å². The SMILES string of the molecule is OC(c1ccc(OC2CC2)cc1)c1cc(I)ccc1Br. The van der Waals surface area contributed by atoms with Crippen LogP contribution in [-0.4, -0.2) is 11.2 Å². The van der Waals surface area contributed by atoms with E-state index >= 15 is 0 Å². The van der Waals surface area contributed by atoms with Crippen LogP contribution in [0, 0.1) is 3.57 Å². The summed E-state index contributed by atoms with van der Waals surface area (Å²) in [6.07, 6.45) is 2.07. The van der Waals surface area contributed by atoms with Crippen LogP contribution in [0.25, 0.3) is 0 Å². The number of ether oxygens (including phenoxy) is 1. The van der Waals surface area contributed by atoms with Crippen LogP contribution >= 0.6 is 38.5 Å². The highest BCUT2D eigenvalue weighted by Gasteiger charge is 2.23. The van der Waals surface area contributed by atoms with Crippen LogP contribution < -0.4 is 4.74 Å². The van der Waals surface area contributed by atoms with Gasteiger partial charge < -0.3 is 9.84 Å². The van der Waals surface area contributed by atoms with E-state index in [1.807, 2.05) is 42.5 Å². The van der Waals surface area contributed by atoms with E-state index in [0.717, 1.165) is 37.8 Å². The number of aliphatic hydroxyl groups is 1. The molecule has 104 valence electrons. The van der Waals surface area contributed by atoms with E-state index in [2.05, 4.69) is 38.5 Å². The molecule has 1 atom stereocenters. The molecule has 1 N–H and O–H groups in total. The van der Waals surface area contributed by atoms with Gasteiger partial charge in [-0.25, -0.2) is 0 Å². The number of aliphatic hydroxyl groups excluding tert-OH is 1. The third kappa shape index (κ3) is 3.35. The van der Waals surface area contributed by atoms with Gasteiger partial charge in [0.25, 0.3) is 0 Å². The maximum atomic E-state index is 10.5. The first-order chi connectivity index (χ1) is 9.63. The van der Waals surface area contributed by atoms with Crippen molar-refractivity contribution < 1.29 is 9.84 Å². The molecular weight excluding hydrogens is 431 g/mol. The van der Waals surface area contributed by atoms with Crippen molar-refractivity contribution in [2.45, 2.75) is 25.0 Å². The van der Waals surface area contributed by atoms with E-state index in [9.17, 15) is 5.11 Å². The summed E-state index contributed by atoms with van der Waals surface area (Å²) >= 11 is 5.74. The summed E-state index contributed by atoms with van der Waals surface area (Å²) in [4.78, 5) is 0. The molecule has 0 spiro atoms. The highest BCUT2D eigenvalue weighted by molar-refractivity contribution is 14.1. The van der Waals surface area contributed by atoms with Gasteiger partial charge in [-0.1, -0.05) is 28.1 Å². The minimum absolute atomic E-state index is 0.399. The Morgan fingerprint density at radius 1 is 1.15 bits per heavy atom. The summed E-state index contributed by atoms with van der Waals surface area (Å²) in [5.74, 6) is 0.880. The normalized spacial score (nSPS) is 15.9. The van der Waals surface area contributed by atoms with Gasteiger partial charge in [0, 0.05) is 13.6 Å². The van der Waals surface area contributed by atoms with Crippen LogP contribution in [0.3, 0.4) is 0 Å². The second-order valence-electron chi connectivity index (χ2n) is 4.95. The Morgan fingerprint density at radius 2 is 1.85 bits per heavy atom. The van der Waals surface area contributed by atoms with Crippen LogP contribution in [-0.2, 0) is 0 Å². The molecule has 0 bridgehead atoms. The van der Waals surface area contributed by atoms with Gasteiger partial charge in [0.15, 0.2) is 0 Å². The zero-order chi connectivity index (χ0) is 14.1. The predicted octanol–water partition coefficient (Wildman–Crippen LogP) is 4.68. The molecule has 0 aliphatic heterocycles. The number of hydrogen-bond donors (Lipinski definition) is 1. The first-order valence-corrected chi connectivity index (χ1v) is 8.40. The highest BCUT2D eigenvalue weighted by Crippen LogP contribution is 2.32. The zero-order valence-corrected chi connectivity index (χ0v) is 14.5. The molecule has 20 heavy (non-hydrogen) atoms. The average molecular weight is 445 g/mol. The van der Waals surface area contributed by atoms with E-state index in [1.54, 1.807) is 0 Å². The zero-order valence-electron chi connectivity index (χ0n) is 10.7. The van der Waals surface area contributed by atoms with Gasteiger partial charge in [-0.2, -0.15) is 0 Å². The molecule has 2 aromatic rings. The van der Waals surface area contributed by atoms with E-state index < -0.39 is 6.10 Å². The van der Waals surface area contributed by atoms with Gasteiger partial charge in [-0.3, -0.25) is 0 Å². The molecule has 0 heterocycles. The number of benzene rings is 2. The lowest BCUT2D eigenvalue weighted by Gasteiger charge is -2.14. The van der Waals surface area contributed by atoms with Crippen molar-refractivity contribution in [2.24, 2.45) is 0 Å². The topological polar surface area (TPSA) is 29.5 Å². The fourth-order valence-electron chi connectivity index (χ4n) is 2.01. The lowest BCUT2D eigenvalue weighted by molar-refractivity contribution is 0.219. The van der Waals surface area contributed by atoms with Crippen LogP contribution in [0.1, 0.15) is 30.1 Å². The molecule has 1 aliphatic carbocycles. The predicted molar refractivity (Wildman–Crippen MR) is 91.0 cm³/mol. The summed E-state index contributed by atoms with van der Waals surface area (Å²) < 4.78 is 7.74. The van der Waals surface area contributed by atoms with Crippen molar-refractivity contribution in [1.29, 1.82) is 0 Å². The lowest BCUT2D eigenvalue weighted by atomic mass is 10.0. The Bertz CT molecular complexity index is 608. The molecule has 0 aromatic heterocycles.